The van der Waals surface area contributed by atoms with Crippen molar-refractivity contribution in [3.63, 3.8) is 0 Å². The molecule has 2 rings (SSSR count). The van der Waals surface area contributed by atoms with Gasteiger partial charge in [-0.2, -0.15) is 0 Å². The van der Waals surface area contributed by atoms with Crippen LogP contribution in [0, 0.1) is 5.92 Å². The number of rotatable bonds is 2. The quantitative estimate of drug-likeness (QED) is 0.830. The van der Waals surface area contributed by atoms with Crippen LogP contribution in [0.15, 0.2) is 24.3 Å². The van der Waals surface area contributed by atoms with E-state index in [-0.39, 0.29) is 0 Å². The summed E-state index contributed by atoms with van der Waals surface area (Å²) < 4.78 is 5.31. The number of piperidine rings is 1. The molecule has 4 heteroatoms. The second-order valence-corrected chi connectivity index (χ2v) is 5.21. The number of ether oxygens (including phenoxy) is 1. The smallest absolute Gasteiger partial charge is 0.173 e. The van der Waals surface area contributed by atoms with Crippen molar-refractivity contribution < 1.29 is 4.74 Å². The summed E-state index contributed by atoms with van der Waals surface area (Å²) in [4.78, 5) is 2.25. The lowest BCUT2D eigenvalue weighted by Gasteiger charge is -2.33. The first-order valence-corrected chi connectivity index (χ1v) is 6.80. The van der Waals surface area contributed by atoms with Gasteiger partial charge in [-0.05, 0) is 43.1 Å². The summed E-state index contributed by atoms with van der Waals surface area (Å²) in [5.74, 6) is 1.54. The molecule has 0 aliphatic carbocycles. The molecular formula is C14H20N2OS. The van der Waals surface area contributed by atoms with Crippen LogP contribution in [0.5, 0.6) is 5.75 Å². The third-order valence-corrected chi connectivity index (χ3v) is 3.65. The van der Waals surface area contributed by atoms with Gasteiger partial charge in [-0.15, -0.1) is 0 Å². The van der Waals surface area contributed by atoms with Gasteiger partial charge in [0.1, 0.15) is 5.75 Å². The summed E-state index contributed by atoms with van der Waals surface area (Å²) in [6.45, 7) is 4.37. The monoisotopic (exact) mass is 264 g/mol. The highest BCUT2D eigenvalue weighted by molar-refractivity contribution is 7.80. The first kappa shape index (κ1) is 13.1. The van der Waals surface area contributed by atoms with E-state index in [1.165, 1.54) is 12.8 Å². The molecule has 1 N–H and O–H groups in total. The highest BCUT2D eigenvalue weighted by Crippen LogP contribution is 2.24. The predicted molar refractivity (Wildman–Crippen MR) is 79.2 cm³/mol. The Hall–Kier alpha value is -1.29. The summed E-state index contributed by atoms with van der Waals surface area (Å²) in [7, 11) is 1.67. The maximum Gasteiger partial charge on any atom is 0.173 e. The van der Waals surface area contributed by atoms with Crippen molar-refractivity contribution in [2.75, 3.05) is 25.5 Å². The van der Waals surface area contributed by atoms with Gasteiger partial charge in [0.2, 0.25) is 0 Å². The van der Waals surface area contributed by atoms with Gasteiger partial charge in [-0.25, -0.2) is 0 Å². The van der Waals surface area contributed by atoms with E-state index < -0.39 is 0 Å². The van der Waals surface area contributed by atoms with Gasteiger partial charge in [-0.3, -0.25) is 0 Å². The van der Waals surface area contributed by atoms with E-state index in [0.29, 0.717) is 0 Å². The van der Waals surface area contributed by atoms with Crippen LogP contribution < -0.4 is 10.1 Å². The third-order valence-electron chi connectivity index (χ3n) is 3.29. The Morgan fingerprint density at radius 3 is 2.94 bits per heavy atom. The zero-order chi connectivity index (χ0) is 13.0. The Bertz CT molecular complexity index is 422. The normalized spacial score (nSPS) is 19.4. The Kier molecular flexibility index (Phi) is 4.42. The standard InChI is InChI=1S/C14H20N2OS/c1-11-6-5-9-16(10-11)14(18)15-12-7-3-4-8-13(12)17-2/h3-4,7-8,11H,5-6,9-10H2,1-2H3,(H,15,18)/t11-/m0/s1. The van der Waals surface area contributed by atoms with Crippen LogP contribution in [0.2, 0.25) is 0 Å². The Morgan fingerprint density at radius 1 is 1.44 bits per heavy atom. The van der Waals surface area contributed by atoms with Gasteiger partial charge in [0, 0.05) is 13.1 Å². The fourth-order valence-corrected chi connectivity index (χ4v) is 2.59. The molecule has 0 spiro atoms. The highest BCUT2D eigenvalue weighted by atomic mass is 32.1. The fraction of sp³-hybridized carbons (Fsp3) is 0.500. The molecule has 0 amide bonds. The van der Waals surface area contributed by atoms with Gasteiger partial charge in [-0.1, -0.05) is 19.1 Å². The number of likely N-dealkylation sites (tertiary alicyclic amines) is 1. The Labute approximate surface area is 114 Å². The molecule has 1 saturated heterocycles. The number of nitrogens with one attached hydrogen (secondary N) is 1. The zero-order valence-corrected chi connectivity index (χ0v) is 11.8. The number of para-hydroxylation sites is 2. The molecule has 0 bridgehead atoms. The largest absolute Gasteiger partial charge is 0.495 e. The minimum Gasteiger partial charge on any atom is -0.495 e. The second-order valence-electron chi connectivity index (χ2n) is 4.82. The average Bonchev–Trinajstić information content (AvgIpc) is 2.39. The van der Waals surface area contributed by atoms with Crippen molar-refractivity contribution in [2.24, 2.45) is 5.92 Å². The number of hydrogen-bond donors (Lipinski definition) is 1. The molecule has 18 heavy (non-hydrogen) atoms. The predicted octanol–water partition coefficient (Wildman–Crippen LogP) is 3.12. The summed E-state index contributed by atoms with van der Waals surface area (Å²) in [6, 6.07) is 7.85. The summed E-state index contributed by atoms with van der Waals surface area (Å²) in [5, 5.41) is 4.08. The van der Waals surface area contributed by atoms with Gasteiger partial charge < -0.3 is 15.0 Å². The lowest BCUT2D eigenvalue weighted by molar-refractivity contribution is 0.276. The summed E-state index contributed by atoms with van der Waals surface area (Å²) in [6.07, 6.45) is 2.52. The molecule has 1 atom stereocenters. The molecule has 98 valence electrons. The van der Waals surface area contributed by atoms with Gasteiger partial charge in [0.25, 0.3) is 0 Å². The van der Waals surface area contributed by atoms with Crippen molar-refractivity contribution in [3.8, 4) is 5.75 Å². The first-order chi connectivity index (χ1) is 8.70. The maximum absolute atomic E-state index is 5.48. The van der Waals surface area contributed by atoms with E-state index in [9.17, 15) is 0 Å². The number of thiocarbonyl (C=S) groups is 1. The van der Waals surface area contributed by atoms with Crippen LogP contribution in [0.4, 0.5) is 5.69 Å². The van der Waals surface area contributed by atoms with Crippen molar-refractivity contribution in [1.82, 2.24) is 4.90 Å². The van der Waals surface area contributed by atoms with Crippen LogP contribution >= 0.6 is 12.2 Å². The number of hydrogen-bond acceptors (Lipinski definition) is 2. The SMILES string of the molecule is COc1ccccc1NC(=S)N1CCC[C@H](C)C1. The van der Waals surface area contributed by atoms with Crippen molar-refractivity contribution in [2.45, 2.75) is 19.8 Å². The van der Waals surface area contributed by atoms with E-state index in [1.807, 2.05) is 24.3 Å². The summed E-state index contributed by atoms with van der Waals surface area (Å²) >= 11 is 5.48. The molecule has 1 heterocycles. The minimum atomic E-state index is 0.719. The molecule has 1 aromatic carbocycles. The lowest BCUT2D eigenvalue weighted by Crippen LogP contribution is -2.41. The topological polar surface area (TPSA) is 24.5 Å². The molecule has 0 saturated carbocycles. The fourth-order valence-electron chi connectivity index (χ4n) is 2.32. The Balaban J connectivity index is 2.02. The number of nitrogens with zero attached hydrogens (tertiary/aromatic N) is 1. The van der Waals surface area contributed by atoms with Crippen LogP contribution in [0.25, 0.3) is 0 Å². The second kappa shape index (κ2) is 6.05. The number of benzene rings is 1. The Morgan fingerprint density at radius 2 is 2.22 bits per heavy atom. The van der Waals surface area contributed by atoms with E-state index in [1.54, 1.807) is 7.11 Å². The third kappa shape index (κ3) is 3.13. The molecule has 0 aromatic heterocycles. The molecule has 0 radical (unpaired) electrons. The lowest BCUT2D eigenvalue weighted by atomic mass is 10.0. The van der Waals surface area contributed by atoms with Crippen molar-refractivity contribution >= 4 is 23.0 Å². The van der Waals surface area contributed by atoms with Gasteiger partial charge in [0.15, 0.2) is 5.11 Å². The maximum atomic E-state index is 5.48. The van der Waals surface area contributed by atoms with E-state index in [0.717, 1.165) is 35.6 Å². The highest BCUT2D eigenvalue weighted by Gasteiger charge is 2.18. The van der Waals surface area contributed by atoms with E-state index in [4.69, 9.17) is 17.0 Å². The molecule has 1 fully saturated rings. The molecule has 1 aliphatic rings. The molecular weight excluding hydrogens is 244 g/mol. The number of anilines is 1. The van der Waals surface area contributed by atoms with Crippen molar-refractivity contribution in [1.29, 1.82) is 0 Å². The van der Waals surface area contributed by atoms with Crippen LogP contribution in [-0.2, 0) is 0 Å². The zero-order valence-electron chi connectivity index (χ0n) is 11.0. The summed E-state index contributed by atoms with van der Waals surface area (Å²) in [5.41, 5.74) is 0.934. The van der Waals surface area contributed by atoms with Crippen molar-refractivity contribution in [3.05, 3.63) is 24.3 Å². The molecule has 1 aliphatic heterocycles. The van der Waals surface area contributed by atoms with E-state index >= 15 is 0 Å². The van der Waals surface area contributed by atoms with Gasteiger partial charge >= 0.3 is 0 Å². The van der Waals surface area contributed by atoms with Crippen LogP contribution in [0.1, 0.15) is 19.8 Å². The van der Waals surface area contributed by atoms with Gasteiger partial charge in [0.05, 0.1) is 12.8 Å². The molecule has 3 nitrogen and oxygen atoms in total. The van der Waals surface area contributed by atoms with Crippen LogP contribution in [0.3, 0.4) is 0 Å². The number of methoxy groups -OCH3 is 1. The first-order valence-electron chi connectivity index (χ1n) is 6.39. The van der Waals surface area contributed by atoms with Crippen LogP contribution in [-0.4, -0.2) is 30.2 Å². The molecule has 0 unspecified atom stereocenters. The molecule has 1 aromatic rings. The average molecular weight is 264 g/mol. The minimum absolute atomic E-state index is 0.719. The van der Waals surface area contributed by atoms with E-state index in [2.05, 4.69) is 17.1 Å².